The number of hydrogen-bond acceptors (Lipinski definition) is 2. The van der Waals surface area contributed by atoms with Gasteiger partial charge < -0.3 is 5.32 Å². The smallest absolute Gasteiger partial charge is 0.238 e. The number of nitrogens with zero attached hydrogens (tertiary/aromatic N) is 1. The topological polar surface area (TPSA) is 32.3 Å². The maximum Gasteiger partial charge on any atom is 0.238 e. The van der Waals surface area contributed by atoms with Crippen LogP contribution in [0.1, 0.15) is 49.9 Å². The number of rotatable bonds is 4. The molecule has 0 aromatic heterocycles. The molecule has 0 fully saturated rings. The van der Waals surface area contributed by atoms with Gasteiger partial charge in [0.1, 0.15) is 0 Å². The fourth-order valence-electron chi connectivity index (χ4n) is 3.77. The van der Waals surface area contributed by atoms with Crippen molar-refractivity contribution >= 4 is 11.6 Å². The first-order chi connectivity index (χ1) is 11.9. The van der Waals surface area contributed by atoms with Gasteiger partial charge in [0, 0.05) is 11.7 Å². The van der Waals surface area contributed by atoms with Crippen LogP contribution < -0.4 is 5.32 Å². The molecular weight excluding hydrogens is 308 g/mol. The molecule has 1 amide bonds. The number of carbonyl (C=O) groups excluding carboxylic acids is 1. The van der Waals surface area contributed by atoms with Crippen molar-refractivity contribution in [2.24, 2.45) is 0 Å². The van der Waals surface area contributed by atoms with Crippen LogP contribution in [-0.4, -0.2) is 24.4 Å². The zero-order valence-corrected chi connectivity index (χ0v) is 15.7. The van der Waals surface area contributed by atoms with Crippen molar-refractivity contribution in [1.82, 2.24) is 4.90 Å². The Morgan fingerprint density at radius 2 is 1.80 bits per heavy atom. The number of anilines is 1. The van der Waals surface area contributed by atoms with Crippen molar-refractivity contribution in [3.05, 3.63) is 65.2 Å². The van der Waals surface area contributed by atoms with Crippen LogP contribution in [0.3, 0.4) is 0 Å². The van der Waals surface area contributed by atoms with Crippen molar-refractivity contribution in [3.8, 4) is 0 Å². The lowest BCUT2D eigenvalue weighted by atomic mass is 9.86. The van der Waals surface area contributed by atoms with E-state index >= 15 is 0 Å². The third kappa shape index (κ3) is 3.93. The van der Waals surface area contributed by atoms with Crippen LogP contribution in [0.25, 0.3) is 0 Å². The summed E-state index contributed by atoms with van der Waals surface area (Å²) >= 11 is 0. The molecule has 3 rings (SSSR count). The quantitative estimate of drug-likeness (QED) is 0.889. The van der Waals surface area contributed by atoms with Crippen molar-refractivity contribution in [2.45, 2.75) is 45.1 Å². The van der Waals surface area contributed by atoms with Gasteiger partial charge >= 0.3 is 0 Å². The summed E-state index contributed by atoms with van der Waals surface area (Å²) < 4.78 is 0. The SMILES string of the molecule is CN(CC(=O)Nc1ccccc1C(C)(C)C)C1CCc2ccccc21. The van der Waals surface area contributed by atoms with E-state index in [4.69, 9.17) is 0 Å². The molecule has 3 heteroatoms. The molecule has 0 heterocycles. The minimum absolute atomic E-state index is 0.000166. The van der Waals surface area contributed by atoms with Crippen LogP contribution in [0.5, 0.6) is 0 Å². The van der Waals surface area contributed by atoms with Crippen molar-refractivity contribution < 1.29 is 4.79 Å². The van der Waals surface area contributed by atoms with E-state index in [9.17, 15) is 4.79 Å². The molecule has 0 aliphatic heterocycles. The molecule has 3 nitrogen and oxygen atoms in total. The second-order valence-corrected chi connectivity index (χ2v) is 8.01. The molecule has 132 valence electrons. The van der Waals surface area contributed by atoms with Gasteiger partial charge in [-0.15, -0.1) is 0 Å². The van der Waals surface area contributed by atoms with E-state index < -0.39 is 0 Å². The molecule has 1 aliphatic carbocycles. The molecule has 0 radical (unpaired) electrons. The first kappa shape index (κ1) is 17.7. The number of aryl methyl sites for hydroxylation is 1. The number of hydrogen-bond donors (Lipinski definition) is 1. The highest BCUT2D eigenvalue weighted by molar-refractivity contribution is 5.93. The van der Waals surface area contributed by atoms with Crippen LogP contribution in [0.15, 0.2) is 48.5 Å². The summed E-state index contributed by atoms with van der Waals surface area (Å²) in [7, 11) is 2.04. The molecule has 1 aliphatic rings. The van der Waals surface area contributed by atoms with E-state index in [1.165, 1.54) is 11.1 Å². The van der Waals surface area contributed by atoms with Gasteiger partial charge in [0.2, 0.25) is 5.91 Å². The summed E-state index contributed by atoms with van der Waals surface area (Å²) in [5.74, 6) is 0.0450. The van der Waals surface area contributed by atoms with Crippen molar-refractivity contribution in [1.29, 1.82) is 0 Å². The van der Waals surface area contributed by atoms with Crippen LogP contribution in [0.4, 0.5) is 5.69 Å². The van der Waals surface area contributed by atoms with E-state index in [1.807, 2.05) is 25.2 Å². The Kier molecular flexibility index (Phi) is 4.96. The minimum Gasteiger partial charge on any atom is -0.325 e. The fourth-order valence-corrected chi connectivity index (χ4v) is 3.77. The molecule has 1 unspecified atom stereocenters. The summed E-state index contributed by atoms with van der Waals surface area (Å²) in [4.78, 5) is 14.8. The zero-order valence-electron chi connectivity index (χ0n) is 15.7. The van der Waals surface area contributed by atoms with Crippen molar-refractivity contribution in [3.63, 3.8) is 0 Å². The van der Waals surface area contributed by atoms with E-state index in [1.54, 1.807) is 0 Å². The maximum absolute atomic E-state index is 12.6. The van der Waals surface area contributed by atoms with Crippen LogP contribution in [-0.2, 0) is 16.6 Å². The van der Waals surface area contributed by atoms with Gasteiger partial charge in [-0.3, -0.25) is 9.69 Å². The van der Waals surface area contributed by atoms with E-state index in [0.29, 0.717) is 12.6 Å². The molecule has 0 bridgehead atoms. The molecule has 1 atom stereocenters. The zero-order chi connectivity index (χ0) is 18.0. The number of amides is 1. The number of carbonyl (C=O) groups is 1. The van der Waals surface area contributed by atoms with Crippen LogP contribution >= 0.6 is 0 Å². The molecule has 1 N–H and O–H groups in total. The predicted molar refractivity (Wildman–Crippen MR) is 104 cm³/mol. The molecule has 0 spiro atoms. The molecule has 0 saturated carbocycles. The largest absolute Gasteiger partial charge is 0.325 e. The van der Waals surface area contributed by atoms with Crippen LogP contribution in [0, 0.1) is 0 Å². The van der Waals surface area contributed by atoms with Crippen molar-refractivity contribution in [2.75, 3.05) is 18.9 Å². The Morgan fingerprint density at radius 1 is 1.12 bits per heavy atom. The molecule has 2 aromatic rings. The van der Waals surface area contributed by atoms with E-state index in [2.05, 4.69) is 61.3 Å². The highest BCUT2D eigenvalue weighted by Gasteiger charge is 2.27. The van der Waals surface area contributed by atoms with E-state index in [-0.39, 0.29) is 11.3 Å². The summed E-state index contributed by atoms with van der Waals surface area (Å²) in [6.45, 7) is 6.90. The molecule has 0 saturated heterocycles. The summed E-state index contributed by atoms with van der Waals surface area (Å²) in [5.41, 5.74) is 4.86. The van der Waals surface area contributed by atoms with Gasteiger partial charge in [-0.25, -0.2) is 0 Å². The minimum atomic E-state index is 0.000166. The number of fused-ring (bicyclic) bond motifs is 1. The first-order valence-corrected chi connectivity index (χ1v) is 9.03. The maximum atomic E-state index is 12.6. The second kappa shape index (κ2) is 7.01. The van der Waals surface area contributed by atoms with Gasteiger partial charge in [-0.1, -0.05) is 63.2 Å². The standard InChI is InChI=1S/C22H28N2O/c1-22(2,3)18-11-7-8-12-19(18)23-21(25)15-24(4)20-14-13-16-9-5-6-10-17(16)20/h5-12,20H,13-15H2,1-4H3,(H,23,25). The Hall–Kier alpha value is -2.13. The third-order valence-corrected chi connectivity index (χ3v) is 5.04. The Labute approximate surface area is 151 Å². The lowest BCUT2D eigenvalue weighted by Crippen LogP contribution is -2.33. The Balaban J connectivity index is 1.68. The van der Waals surface area contributed by atoms with Gasteiger partial charge in [0.05, 0.1) is 6.54 Å². The lowest BCUT2D eigenvalue weighted by Gasteiger charge is -2.26. The Bertz CT molecular complexity index is 761. The average Bonchev–Trinajstić information content (AvgIpc) is 2.98. The lowest BCUT2D eigenvalue weighted by molar-refractivity contribution is -0.117. The molecule has 25 heavy (non-hydrogen) atoms. The summed E-state index contributed by atoms with van der Waals surface area (Å²) in [6, 6.07) is 17.0. The van der Waals surface area contributed by atoms with Gasteiger partial charge in [0.15, 0.2) is 0 Å². The number of likely N-dealkylation sites (N-methyl/N-ethyl adjacent to an activating group) is 1. The first-order valence-electron chi connectivity index (χ1n) is 9.03. The number of para-hydroxylation sites is 1. The monoisotopic (exact) mass is 336 g/mol. The highest BCUT2D eigenvalue weighted by Crippen LogP contribution is 2.34. The van der Waals surface area contributed by atoms with Gasteiger partial charge in [-0.2, -0.15) is 0 Å². The Morgan fingerprint density at radius 3 is 2.56 bits per heavy atom. The third-order valence-electron chi connectivity index (χ3n) is 5.04. The number of benzene rings is 2. The van der Waals surface area contributed by atoms with Gasteiger partial charge in [-0.05, 0) is 48.1 Å². The second-order valence-electron chi connectivity index (χ2n) is 8.01. The fraction of sp³-hybridized carbons (Fsp3) is 0.409. The van der Waals surface area contributed by atoms with Gasteiger partial charge in [0.25, 0.3) is 0 Å². The molecular formula is C22H28N2O. The van der Waals surface area contributed by atoms with Crippen LogP contribution in [0.2, 0.25) is 0 Å². The predicted octanol–water partition coefficient (Wildman–Crippen LogP) is 4.54. The summed E-state index contributed by atoms with van der Waals surface area (Å²) in [6.07, 6.45) is 2.18. The average molecular weight is 336 g/mol. The highest BCUT2D eigenvalue weighted by atomic mass is 16.2. The van der Waals surface area contributed by atoms with E-state index in [0.717, 1.165) is 24.1 Å². The molecule has 2 aromatic carbocycles. The normalized spacial score (nSPS) is 16.8. The summed E-state index contributed by atoms with van der Waals surface area (Å²) in [5, 5.41) is 3.11. The number of nitrogens with one attached hydrogen (secondary N) is 1.